The highest BCUT2D eigenvalue weighted by Gasteiger charge is 2.39. The van der Waals surface area contributed by atoms with Crippen molar-refractivity contribution in [3.63, 3.8) is 0 Å². The molecule has 2 aliphatic rings. The maximum Gasteiger partial charge on any atom is 0.414 e. The lowest BCUT2D eigenvalue weighted by Gasteiger charge is -2.32. The minimum Gasteiger partial charge on any atom is -0.442 e. The van der Waals surface area contributed by atoms with Crippen LogP contribution in [0.2, 0.25) is 4.34 Å². The third-order valence-electron chi connectivity index (χ3n) is 5.03. The van der Waals surface area contributed by atoms with Crippen LogP contribution >= 0.6 is 22.9 Å². The third kappa shape index (κ3) is 4.80. The van der Waals surface area contributed by atoms with Gasteiger partial charge in [-0.05, 0) is 36.4 Å². The van der Waals surface area contributed by atoms with Gasteiger partial charge in [0.2, 0.25) is 5.91 Å². The van der Waals surface area contributed by atoms with Gasteiger partial charge in [-0.15, -0.1) is 11.3 Å². The van der Waals surface area contributed by atoms with E-state index >= 15 is 0 Å². The van der Waals surface area contributed by atoms with Crippen molar-refractivity contribution in [2.75, 3.05) is 29.4 Å². The Bertz CT molecular complexity index is 1010. The molecule has 31 heavy (non-hydrogen) atoms. The Hall–Kier alpha value is -2.72. The number of piperidine rings is 1. The molecule has 2 aromatic rings. The van der Waals surface area contributed by atoms with Gasteiger partial charge in [-0.3, -0.25) is 14.5 Å². The second kappa shape index (κ2) is 8.43. The second-order valence-corrected chi connectivity index (χ2v) is 9.00. The van der Waals surface area contributed by atoms with Crippen molar-refractivity contribution in [1.29, 1.82) is 0 Å². The molecule has 4 rings (SSSR count). The number of hydrogen-bond acceptors (Lipinski definition) is 5. The van der Waals surface area contributed by atoms with Gasteiger partial charge in [0.15, 0.2) is 0 Å². The van der Waals surface area contributed by atoms with E-state index in [1.165, 1.54) is 17.0 Å². The molecule has 2 saturated heterocycles. The molecule has 164 valence electrons. The Labute approximate surface area is 185 Å². The van der Waals surface area contributed by atoms with Crippen LogP contribution in [-0.2, 0) is 9.53 Å². The molecule has 2 fully saturated rings. The Kier molecular flexibility index (Phi) is 5.85. The van der Waals surface area contributed by atoms with Crippen LogP contribution in [0.25, 0.3) is 0 Å². The van der Waals surface area contributed by atoms with E-state index in [1.54, 1.807) is 24.3 Å². The number of halogens is 3. The summed E-state index contributed by atoms with van der Waals surface area (Å²) in [4.78, 5) is 39.3. The number of ether oxygens (including phenoxy) is 1. The number of alkyl halides is 2. The van der Waals surface area contributed by atoms with E-state index in [9.17, 15) is 23.2 Å². The summed E-state index contributed by atoms with van der Waals surface area (Å²) in [5.74, 6) is -3.59. The maximum atomic E-state index is 13.7. The molecular formula is C20H18ClF2N3O4S. The quantitative estimate of drug-likeness (QED) is 0.720. The molecule has 0 unspecified atom stereocenters. The van der Waals surface area contributed by atoms with Crippen LogP contribution in [0.1, 0.15) is 22.5 Å². The molecule has 11 heteroatoms. The Morgan fingerprint density at radius 1 is 1.16 bits per heavy atom. The van der Waals surface area contributed by atoms with Gasteiger partial charge < -0.3 is 15.0 Å². The molecule has 1 aromatic carbocycles. The van der Waals surface area contributed by atoms with Gasteiger partial charge in [-0.1, -0.05) is 11.6 Å². The molecule has 1 atom stereocenters. The molecule has 3 heterocycles. The van der Waals surface area contributed by atoms with Crippen LogP contribution in [0.4, 0.5) is 25.0 Å². The van der Waals surface area contributed by atoms with Crippen LogP contribution in [0.3, 0.4) is 0 Å². The highest BCUT2D eigenvalue weighted by molar-refractivity contribution is 7.18. The van der Waals surface area contributed by atoms with Crippen LogP contribution in [0.15, 0.2) is 36.4 Å². The number of carbonyl (C=O) groups is 3. The maximum absolute atomic E-state index is 13.7. The van der Waals surface area contributed by atoms with Gasteiger partial charge in [0, 0.05) is 24.2 Å². The molecule has 1 aromatic heterocycles. The van der Waals surface area contributed by atoms with E-state index in [1.807, 2.05) is 0 Å². The molecule has 2 aliphatic heterocycles. The van der Waals surface area contributed by atoms with Crippen molar-refractivity contribution in [3.05, 3.63) is 45.6 Å². The molecule has 3 amide bonds. The summed E-state index contributed by atoms with van der Waals surface area (Å²) in [7, 11) is 0. The second-order valence-electron chi connectivity index (χ2n) is 7.28. The summed E-state index contributed by atoms with van der Waals surface area (Å²) in [5, 5.41) is 2.71. The summed E-state index contributed by atoms with van der Waals surface area (Å²) in [6.07, 6.45) is -1.78. The number of carbonyl (C=O) groups excluding carboxylic acids is 3. The van der Waals surface area contributed by atoms with Crippen LogP contribution in [0, 0.1) is 0 Å². The molecule has 0 saturated carbocycles. The Balaban J connectivity index is 1.37. The summed E-state index contributed by atoms with van der Waals surface area (Å²) in [6, 6.07) is 9.44. The summed E-state index contributed by atoms with van der Waals surface area (Å²) in [6.45, 7) is -0.315. The summed E-state index contributed by atoms with van der Waals surface area (Å²) in [5.41, 5.74) is 0.850. The smallest absolute Gasteiger partial charge is 0.414 e. The van der Waals surface area contributed by atoms with Crippen molar-refractivity contribution in [1.82, 2.24) is 5.32 Å². The number of amides is 3. The van der Waals surface area contributed by atoms with E-state index in [-0.39, 0.29) is 31.3 Å². The van der Waals surface area contributed by atoms with Crippen molar-refractivity contribution < 1.29 is 27.9 Å². The first-order valence-corrected chi connectivity index (χ1v) is 10.7. The van der Waals surface area contributed by atoms with Gasteiger partial charge >= 0.3 is 6.09 Å². The van der Waals surface area contributed by atoms with Gasteiger partial charge in [0.25, 0.3) is 11.8 Å². The van der Waals surface area contributed by atoms with Gasteiger partial charge in [-0.2, -0.15) is 0 Å². The zero-order chi connectivity index (χ0) is 22.2. The number of rotatable bonds is 5. The van der Waals surface area contributed by atoms with E-state index in [0.29, 0.717) is 20.6 Å². The number of anilines is 2. The van der Waals surface area contributed by atoms with Crippen LogP contribution < -0.4 is 15.1 Å². The number of nitrogens with zero attached hydrogens (tertiary/aromatic N) is 2. The summed E-state index contributed by atoms with van der Waals surface area (Å²) >= 11 is 6.97. The molecule has 7 nitrogen and oxygen atoms in total. The van der Waals surface area contributed by atoms with Gasteiger partial charge in [-0.25, -0.2) is 13.6 Å². The number of cyclic esters (lactones) is 1. The lowest BCUT2D eigenvalue weighted by Crippen LogP contribution is -2.46. The molecule has 0 aliphatic carbocycles. The predicted octanol–water partition coefficient (Wildman–Crippen LogP) is 3.92. The zero-order valence-electron chi connectivity index (χ0n) is 16.1. The monoisotopic (exact) mass is 469 g/mol. The van der Waals surface area contributed by atoms with Crippen LogP contribution in [-0.4, -0.2) is 49.6 Å². The molecule has 0 spiro atoms. The fourth-order valence-electron chi connectivity index (χ4n) is 3.44. The lowest BCUT2D eigenvalue weighted by molar-refractivity contribution is -0.125. The minimum absolute atomic E-state index is 0.131. The highest BCUT2D eigenvalue weighted by atomic mass is 35.5. The van der Waals surface area contributed by atoms with Crippen molar-refractivity contribution in [2.45, 2.75) is 24.9 Å². The van der Waals surface area contributed by atoms with Gasteiger partial charge in [0.05, 0.1) is 28.8 Å². The first-order valence-electron chi connectivity index (χ1n) is 9.52. The van der Waals surface area contributed by atoms with Crippen molar-refractivity contribution in [2.24, 2.45) is 0 Å². The van der Waals surface area contributed by atoms with E-state index in [4.69, 9.17) is 16.3 Å². The molecular weight excluding hydrogens is 452 g/mol. The number of benzene rings is 1. The largest absolute Gasteiger partial charge is 0.442 e. The Morgan fingerprint density at radius 2 is 1.84 bits per heavy atom. The third-order valence-corrected chi connectivity index (χ3v) is 6.26. The first-order chi connectivity index (χ1) is 14.7. The number of nitrogens with one attached hydrogen (secondary N) is 1. The lowest BCUT2D eigenvalue weighted by atomic mass is 10.1. The normalized spacial score (nSPS) is 20.7. The van der Waals surface area contributed by atoms with E-state index in [2.05, 4.69) is 5.32 Å². The van der Waals surface area contributed by atoms with Crippen molar-refractivity contribution in [3.8, 4) is 0 Å². The average molecular weight is 470 g/mol. The topological polar surface area (TPSA) is 79.0 Å². The SMILES string of the molecule is O=C(NC[C@H]1CN(c2ccc(N3CC(F)(F)CCC3=O)cc2)C(=O)O1)c1ccc(Cl)s1. The standard InChI is InChI=1S/C20H18ClF2N3O4S/c21-16-6-5-15(31-16)18(28)24-9-14-10-25(19(29)30-14)12-1-3-13(4-2-12)26-11-20(22,23)8-7-17(26)27/h1-6,14H,7-11H2,(H,24,28)/t14-/m0/s1. The number of thiophene rings is 1. The molecule has 0 bridgehead atoms. The molecule has 0 radical (unpaired) electrons. The Morgan fingerprint density at radius 3 is 2.48 bits per heavy atom. The number of hydrogen-bond donors (Lipinski definition) is 1. The predicted molar refractivity (Wildman–Crippen MR) is 112 cm³/mol. The fraction of sp³-hybridized carbons (Fsp3) is 0.350. The fourth-order valence-corrected chi connectivity index (χ4v) is 4.40. The molecule has 1 N–H and O–H groups in total. The average Bonchev–Trinajstić information content (AvgIpc) is 3.34. The summed E-state index contributed by atoms with van der Waals surface area (Å²) < 4.78 is 33.1. The van der Waals surface area contributed by atoms with E-state index in [0.717, 1.165) is 16.2 Å². The van der Waals surface area contributed by atoms with Gasteiger partial charge in [0.1, 0.15) is 6.10 Å². The van der Waals surface area contributed by atoms with Crippen LogP contribution in [0.5, 0.6) is 0 Å². The highest BCUT2D eigenvalue weighted by Crippen LogP contribution is 2.32. The van der Waals surface area contributed by atoms with E-state index < -0.39 is 31.1 Å². The zero-order valence-corrected chi connectivity index (χ0v) is 17.7. The first kappa shape index (κ1) is 21.5. The minimum atomic E-state index is -2.92. The van der Waals surface area contributed by atoms with Crippen molar-refractivity contribution >= 4 is 52.2 Å².